The highest BCUT2D eigenvalue weighted by atomic mass is 35.5. The van der Waals surface area contributed by atoms with Crippen molar-refractivity contribution in [1.29, 1.82) is 0 Å². The summed E-state index contributed by atoms with van der Waals surface area (Å²) in [6.45, 7) is 1.98. The van der Waals surface area contributed by atoms with Crippen molar-refractivity contribution in [2.75, 3.05) is 0 Å². The largest absolute Gasteiger partial charge is 0.478 e. The average Bonchev–Trinajstić information content (AvgIpc) is 2.30. The summed E-state index contributed by atoms with van der Waals surface area (Å²) >= 11 is 6.08. The fourth-order valence-electron chi connectivity index (χ4n) is 1.72. The molecular weight excluding hydrogens is 236 g/mol. The Labute approximate surface area is 104 Å². The zero-order valence-corrected chi connectivity index (χ0v) is 10.0. The van der Waals surface area contributed by atoms with E-state index in [1.807, 2.05) is 31.2 Å². The number of hydrogen-bond donors (Lipinski definition) is 1. The van der Waals surface area contributed by atoms with E-state index >= 15 is 0 Å². The van der Waals surface area contributed by atoms with Crippen LogP contribution in [0.15, 0.2) is 42.5 Å². The molecule has 0 amide bonds. The molecule has 0 aliphatic carbocycles. The van der Waals surface area contributed by atoms with Gasteiger partial charge in [-0.15, -0.1) is 0 Å². The Kier molecular flexibility index (Phi) is 3.16. The van der Waals surface area contributed by atoms with Gasteiger partial charge in [0.15, 0.2) is 0 Å². The van der Waals surface area contributed by atoms with Gasteiger partial charge in [0.2, 0.25) is 0 Å². The Morgan fingerprint density at radius 2 is 1.76 bits per heavy atom. The van der Waals surface area contributed by atoms with E-state index in [1.165, 1.54) is 0 Å². The third kappa shape index (κ3) is 2.32. The topological polar surface area (TPSA) is 37.3 Å². The molecule has 0 radical (unpaired) electrons. The van der Waals surface area contributed by atoms with Gasteiger partial charge in [0.05, 0.1) is 5.56 Å². The van der Waals surface area contributed by atoms with Gasteiger partial charge < -0.3 is 5.11 Å². The molecule has 3 heteroatoms. The molecule has 0 bridgehead atoms. The van der Waals surface area contributed by atoms with Crippen molar-refractivity contribution in [3.63, 3.8) is 0 Å². The van der Waals surface area contributed by atoms with Crippen molar-refractivity contribution in [3.8, 4) is 11.1 Å². The fraction of sp³-hybridized carbons (Fsp3) is 0.0714. The second-order valence-corrected chi connectivity index (χ2v) is 4.24. The van der Waals surface area contributed by atoms with Crippen molar-refractivity contribution < 1.29 is 9.90 Å². The Balaban J connectivity index is 2.65. The lowest BCUT2D eigenvalue weighted by Crippen LogP contribution is -1.99. The van der Waals surface area contributed by atoms with Crippen LogP contribution in [0, 0.1) is 6.92 Å². The zero-order valence-electron chi connectivity index (χ0n) is 9.27. The molecule has 2 rings (SSSR count). The second-order valence-electron chi connectivity index (χ2n) is 3.83. The van der Waals surface area contributed by atoms with Gasteiger partial charge in [-0.25, -0.2) is 4.79 Å². The van der Waals surface area contributed by atoms with Gasteiger partial charge in [0.1, 0.15) is 0 Å². The average molecular weight is 247 g/mol. The summed E-state index contributed by atoms with van der Waals surface area (Å²) in [6.07, 6.45) is 0. The Bertz CT molecular complexity index is 559. The van der Waals surface area contributed by atoms with E-state index < -0.39 is 5.97 Å². The molecule has 2 aromatic carbocycles. The predicted octanol–water partition coefficient (Wildman–Crippen LogP) is 4.01. The summed E-state index contributed by atoms with van der Waals surface area (Å²) in [4.78, 5) is 11.2. The van der Waals surface area contributed by atoms with Crippen molar-refractivity contribution in [2.45, 2.75) is 6.92 Å². The van der Waals surface area contributed by atoms with Crippen molar-refractivity contribution in [3.05, 3.63) is 58.6 Å². The van der Waals surface area contributed by atoms with Gasteiger partial charge in [-0.05, 0) is 24.6 Å². The van der Waals surface area contributed by atoms with E-state index in [4.69, 9.17) is 16.7 Å². The number of benzene rings is 2. The quantitative estimate of drug-likeness (QED) is 0.869. The first-order valence-electron chi connectivity index (χ1n) is 5.18. The number of halogens is 1. The van der Waals surface area contributed by atoms with Crippen LogP contribution in [0.4, 0.5) is 0 Å². The van der Waals surface area contributed by atoms with Crippen LogP contribution >= 0.6 is 11.6 Å². The summed E-state index contributed by atoms with van der Waals surface area (Å²) in [5.41, 5.74) is 2.74. The highest BCUT2D eigenvalue weighted by molar-refractivity contribution is 6.34. The van der Waals surface area contributed by atoms with E-state index in [9.17, 15) is 4.79 Å². The van der Waals surface area contributed by atoms with Gasteiger partial charge in [-0.3, -0.25) is 0 Å². The van der Waals surface area contributed by atoms with Gasteiger partial charge in [-0.1, -0.05) is 47.5 Å². The molecule has 0 heterocycles. The van der Waals surface area contributed by atoms with Crippen LogP contribution in [-0.2, 0) is 0 Å². The lowest BCUT2D eigenvalue weighted by Gasteiger charge is -2.08. The minimum absolute atomic E-state index is 0.223. The molecule has 0 aliphatic heterocycles. The molecule has 0 fully saturated rings. The maximum absolute atomic E-state index is 11.2. The van der Waals surface area contributed by atoms with Gasteiger partial charge >= 0.3 is 5.97 Å². The molecule has 86 valence electrons. The number of aromatic carboxylic acids is 1. The summed E-state index contributed by atoms with van der Waals surface area (Å²) in [6, 6.07) is 12.5. The highest BCUT2D eigenvalue weighted by Crippen LogP contribution is 2.31. The molecule has 0 aliphatic rings. The van der Waals surface area contributed by atoms with E-state index in [0.29, 0.717) is 10.6 Å². The van der Waals surface area contributed by atoms with Crippen LogP contribution in [0.2, 0.25) is 5.02 Å². The smallest absolute Gasteiger partial charge is 0.336 e. The number of carbonyl (C=O) groups is 1. The molecule has 0 saturated heterocycles. The molecular formula is C14H11ClO2. The first kappa shape index (κ1) is 11.7. The molecule has 0 unspecified atom stereocenters. The monoisotopic (exact) mass is 246 g/mol. The lowest BCUT2D eigenvalue weighted by atomic mass is 9.99. The molecule has 2 aromatic rings. The first-order chi connectivity index (χ1) is 8.09. The summed E-state index contributed by atoms with van der Waals surface area (Å²) in [5, 5.41) is 9.60. The van der Waals surface area contributed by atoms with E-state index in [0.717, 1.165) is 11.1 Å². The van der Waals surface area contributed by atoms with Crippen LogP contribution in [-0.4, -0.2) is 11.1 Å². The summed E-state index contributed by atoms with van der Waals surface area (Å²) in [5.74, 6) is -0.969. The van der Waals surface area contributed by atoms with Gasteiger partial charge in [0.25, 0.3) is 0 Å². The molecule has 0 spiro atoms. The van der Waals surface area contributed by atoms with E-state index in [2.05, 4.69) is 0 Å². The van der Waals surface area contributed by atoms with Gasteiger partial charge in [0, 0.05) is 10.6 Å². The first-order valence-corrected chi connectivity index (χ1v) is 5.56. The summed E-state index contributed by atoms with van der Waals surface area (Å²) in [7, 11) is 0. The third-order valence-electron chi connectivity index (χ3n) is 2.58. The minimum Gasteiger partial charge on any atom is -0.478 e. The maximum atomic E-state index is 11.2. The van der Waals surface area contributed by atoms with E-state index in [-0.39, 0.29) is 5.56 Å². The Morgan fingerprint density at radius 3 is 2.35 bits per heavy atom. The molecule has 2 nitrogen and oxygen atoms in total. The zero-order chi connectivity index (χ0) is 12.4. The molecule has 17 heavy (non-hydrogen) atoms. The standard InChI is InChI=1S/C14H11ClO2/c1-9-5-7-10(8-6-9)13-11(14(16)17)3-2-4-12(13)15/h2-8H,1H3,(H,16,17). The van der Waals surface area contributed by atoms with E-state index in [1.54, 1.807) is 18.2 Å². The Morgan fingerprint density at radius 1 is 1.12 bits per heavy atom. The van der Waals surface area contributed by atoms with Crippen molar-refractivity contribution in [2.24, 2.45) is 0 Å². The Hall–Kier alpha value is -1.80. The van der Waals surface area contributed by atoms with Crippen LogP contribution in [0.25, 0.3) is 11.1 Å². The predicted molar refractivity (Wildman–Crippen MR) is 68.6 cm³/mol. The SMILES string of the molecule is Cc1ccc(-c2c(Cl)cccc2C(=O)O)cc1. The highest BCUT2D eigenvalue weighted by Gasteiger charge is 2.14. The number of carboxylic acids is 1. The number of aryl methyl sites for hydroxylation is 1. The lowest BCUT2D eigenvalue weighted by molar-refractivity contribution is 0.0697. The molecule has 1 N–H and O–H groups in total. The molecule has 0 aromatic heterocycles. The number of rotatable bonds is 2. The third-order valence-corrected chi connectivity index (χ3v) is 2.90. The maximum Gasteiger partial charge on any atom is 0.336 e. The molecule has 0 saturated carbocycles. The van der Waals surface area contributed by atoms with Crippen LogP contribution < -0.4 is 0 Å². The summed E-state index contributed by atoms with van der Waals surface area (Å²) < 4.78 is 0. The van der Waals surface area contributed by atoms with Crippen molar-refractivity contribution >= 4 is 17.6 Å². The normalized spacial score (nSPS) is 10.2. The molecule has 0 atom stereocenters. The fourth-order valence-corrected chi connectivity index (χ4v) is 2.00. The van der Waals surface area contributed by atoms with Crippen LogP contribution in [0.1, 0.15) is 15.9 Å². The number of hydrogen-bond acceptors (Lipinski definition) is 1. The van der Waals surface area contributed by atoms with Crippen LogP contribution in [0.5, 0.6) is 0 Å². The van der Waals surface area contributed by atoms with Crippen LogP contribution in [0.3, 0.4) is 0 Å². The minimum atomic E-state index is -0.969. The second kappa shape index (κ2) is 4.60. The van der Waals surface area contributed by atoms with Gasteiger partial charge in [-0.2, -0.15) is 0 Å². The van der Waals surface area contributed by atoms with Crippen molar-refractivity contribution in [1.82, 2.24) is 0 Å². The number of carboxylic acid groups (broad SMARTS) is 1.